The van der Waals surface area contributed by atoms with Gasteiger partial charge in [0.1, 0.15) is 0 Å². The van der Waals surface area contributed by atoms with Gasteiger partial charge in [-0.1, -0.05) is 19.1 Å². The Morgan fingerprint density at radius 3 is 2.17 bits per heavy atom. The number of nitrogens with one attached hydrogen (secondary N) is 1. The Labute approximate surface area is 165 Å². The number of hydrogen-bond acceptors (Lipinski definition) is 5. The highest BCUT2D eigenvalue weighted by molar-refractivity contribution is 7.94. The second kappa shape index (κ2) is 7.02. The molecule has 2 aromatic carbocycles. The largest absolute Gasteiger partial charge is 0.418 e. The van der Waals surface area contributed by atoms with Crippen molar-refractivity contribution in [1.82, 2.24) is 0 Å². The summed E-state index contributed by atoms with van der Waals surface area (Å²) in [5.41, 5.74) is -1.84. The van der Waals surface area contributed by atoms with Crippen LogP contribution in [0, 0.1) is 5.92 Å². The first-order valence-electron chi connectivity index (χ1n) is 8.19. The summed E-state index contributed by atoms with van der Waals surface area (Å²) < 4.78 is 90.8. The Morgan fingerprint density at radius 1 is 1.07 bits per heavy atom. The lowest BCUT2D eigenvalue weighted by molar-refractivity contribution is -0.136. The van der Waals surface area contributed by atoms with Crippen molar-refractivity contribution in [2.45, 2.75) is 18.0 Å². The lowest BCUT2D eigenvalue weighted by atomic mass is 10.2. The minimum absolute atomic E-state index is 0.0472. The van der Waals surface area contributed by atoms with Crippen LogP contribution in [0.1, 0.15) is 12.5 Å². The molecule has 1 aliphatic rings. The summed E-state index contributed by atoms with van der Waals surface area (Å²) in [6.45, 7) is 1.46. The molecule has 1 N–H and O–H groups in total. The fourth-order valence-corrected chi connectivity index (χ4v) is 5.77. The highest BCUT2D eigenvalue weighted by atomic mass is 32.2. The van der Waals surface area contributed by atoms with Gasteiger partial charge in [-0.15, -0.1) is 0 Å². The Kier molecular flexibility index (Phi) is 5.11. The molecule has 0 radical (unpaired) electrons. The van der Waals surface area contributed by atoms with E-state index >= 15 is 0 Å². The molecule has 1 atom stereocenters. The van der Waals surface area contributed by atoms with E-state index in [-0.39, 0.29) is 11.4 Å². The lowest BCUT2D eigenvalue weighted by Crippen LogP contribution is -2.30. The molecule has 1 heterocycles. The van der Waals surface area contributed by atoms with Gasteiger partial charge < -0.3 is 0 Å². The molecular formula is C17H15F3N2O5S2. The van der Waals surface area contributed by atoms with Crippen molar-refractivity contribution in [3.63, 3.8) is 0 Å². The smallest absolute Gasteiger partial charge is 0.279 e. The molecule has 1 fully saturated rings. The fraction of sp³-hybridized carbons (Fsp3) is 0.235. The first-order chi connectivity index (χ1) is 13.3. The number of anilines is 2. The minimum atomic E-state index is -4.76. The number of halogens is 3. The van der Waals surface area contributed by atoms with Crippen LogP contribution in [0.5, 0.6) is 0 Å². The summed E-state index contributed by atoms with van der Waals surface area (Å²) in [5, 5.41) is 0. The van der Waals surface area contributed by atoms with E-state index in [2.05, 4.69) is 0 Å². The number of amides is 1. The molecule has 0 aliphatic carbocycles. The number of carbonyl (C=O) groups excluding carboxylic acids is 1. The van der Waals surface area contributed by atoms with E-state index in [4.69, 9.17) is 0 Å². The number of para-hydroxylation sites is 1. The number of sulfonamides is 2. The first-order valence-corrected chi connectivity index (χ1v) is 11.3. The maximum atomic E-state index is 13.1. The topological polar surface area (TPSA) is 101 Å². The third-order valence-electron chi connectivity index (χ3n) is 4.22. The van der Waals surface area contributed by atoms with Crippen molar-refractivity contribution in [3.8, 4) is 0 Å². The van der Waals surface area contributed by atoms with Crippen LogP contribution in [0.4, 0.5) is 24.5 Å². The molecule has 3 rings (SSSR count). The van der Waals surface area contributed by atoms with Crippen LogP contribution in [0.2, 0.25) is 0 Å². The normalized spacial score (nSPS) is 19.4. The lowest BCUT2D eigenvalue weighted by Gasteiger charge is -2.17. The van der Waals surface area contributed by atoms with Crippen molar-refractivity contribution < 1.29 is 34.8 Å². The molecule has 29 heavy (non-hydrogen) atoms. The van der Waals surface area contributed by atoms with Gasteiger partial charge in [0.05, 0.1) is 33.5 Å². The van der Waals surface area contributed by atoms with Crippen molar-refractivity contribution in [3.05, 3.63) is 54.1 Å². The molecule has 0 bridgehead atoms. The van der Waals surface area contributed by atoms with Gasteiger partial charge in [0, 0.05) is 0 Å². The van der Waals surface area contributed by atoms with Gasteiger partial charge in [-0.05, 0) is 36.4 Å². The summed E-state index contributed by atoms with van der Waals surface area (Å²) >= 11 is 0. The molecule has 1 aliphatic heterocycles. The van der Waals surface area contributed by atoms with E-state index < -0.39 is 54.2 Å². The Morgan fingerprint density at radius 2 is 1.66 bits per heavy atom. The van der Waals surface area contributed by atoms with Crippen molar-refractivity contribution in [1.29, 1.82) is 0 Å². The first kappa shape index (κ1) is 21.1. The van der Waals surface area contributed by atoms with E-state index in [0.717, 1.165) is 42.5 Å². The second-order valence-electron chi connectivity index (χ2n) is 6.42. The van der Waals surface area contributed by atoms with E-state index in [1.165, 1.54) is 13.0 Å². The van der Waals surface area contributed by atoms with Crippen molar-refractivity contribution >= 4 is 37.3 Å². The SMILES string of the molecule is C[C@@H]1CS(=O)(=O)N(c2ccc(S(=O)(=O)Nc3ccccc3C(F)(F)F)cc2)C1=O. The van der Waals surface area contributed by atoms with E-state index in [0.29, 0.717) is 4.31 Å². The third-order valence-corrected chi connectivity index (χ3v) is 7.47. The molecule has 1 saturated heterocycles. The molecule has 7 nitrogen and oxygen atoms in total. The van der Waals surface area contributed by atoms with Crippen LogP contribution in [-0.4, -0.2) is 28.5 Å². The van der Waals surface area contributed by atoms with Gasteiger partial charge in [0.25, 0.3) is 10.0 Å². The summed E-state index contributed by atoms with van der Waals surface area (Å²) in [6.07, 6.45) is -4.76. The summed E-state index contributed by atoms with van der Waals surface area (Å²) in [6, 6.07) is 8.34. The Bertz CT molecular complexity index is 1160. The maximum Gasteiger partial charge on any atom is 0.418 e. The summed E-state index contributed by atoms with van der Waals surface area (Å²) in [5.74, 6) is -1.73. The average Bonchev–Trinajstić information content (AvgIpc) is 2.81. The van der Waals surface area contributed by atoms with Gasteiger partial charge in [0.15, 0.2) is 0 Å². The molecule has 0 unspecified atom stereocenters. The molecule has 12 heteroatoms. The number of hydrogen-bond donors (Lipinski definition) is 1. The van der Waals surface area contributed by atoms with E-state index in [9.17, 15) is 34.8 Å². The monoisotopic (exact) mass is 448 g/mol. The second-order valence-corrected chi connectivity index (χ2v) is 9.97. The number of carbonyl (C=O) groups is 1. The van der Waals surface area contributed by atoms with Gasteiger partial charge >= 0.3 is 6.18 Å². The molecule has 156 valence electrons. The zero-order valence-corrected chi connectivity index (χ0v) is 16.5. The number of rotatable bonds is 4. The quantitative estimate of drug-likeness (QED) is 0.775. The van der Waals surface area contributed by atoms with E-state index in [1.54, 1.807) is 0 Å². The number of benzene rings is 2. The Hall–Kier alpha value is -2.60. The summed E-state index contributed by atoms with van der Waals surface area (Å²) in [4.78, 5) is 11.7. The summed E-state index contributed by atoms with van der Waals surface area (Å²) in [7, 11) is -8.26. The molecular weight excluding hydrogens is 433 g/mol. The zero-order chi connectivity index (χ0) is 21.6. The van der Waals surface area contributed by atoms with Gasteiger partial charge in [0.2, 0.25) is 15.9 Å². The van der Waals surface area contributed by atoms with Crippen LogP contribution < -0.4 is 9.03 Å². The van der Waals surface area contributed by atoms with Gasteiger partial charge in [-0.3, -0.25) is 9.52 Å². The molecule has 1 amide bonds. The van der Waals surface area contributed by atoms with Crippen LogP contribution in [0.15, 0.2) is 53.4 Å². The minimum Gasteiger partial charge on any atom is -0.279 e. The van der Waals surface area contributed by atoms with Crippen LogP contribution in [0.25, 0.3) is 0 Å². The highest BCUT2D eigenvalue weighted by Gasteiger charge is 2.42. The molecule has 2 aromatic rings. The Balaban J connectivity index is 1.92. The number of alkyl halides is 3. The molecule has 0 saturated carbocycles. The standard InChI is InChI=1S/C17H15F3N2O5S2/c1-11-10-28(24,25)22(16(11)23)12-6-8-13(9-7-12)29(26,27)21-15-5-3-2-4-14(15)17(18,19)20/h2-9,11,21H,10H2,1H3/t11-/m1/s1. The predicted octanol–water partition coefficient (Wildman–Crippen LogP) is 2.82. The van der Waals surface area contributed by atoms with Crippen LogP contribution in [-0.2, 0) is 31.0 Å². The van der Waals surface area contributed by atoms with Crippen LogP contribution >= 0.6 is 0 Å². The zero-order valence-electron chi connectivity index (χ0n) is 14.8. The van der Waals surface area contributed by atoms with Crippen LogP contribution in [0.3, 0.4) is 0 Å². The average molecular weight is 448 g/mol. The molecule has 0 aromatic heterocycles. The maximum absolute atomic E-state index is 13.1. The van der Waals surface area contributed by atoms with Gasteiger partial charge in [-0.2, -0.15) is 13.2 Å². The van der Waals surface area contributed by atoms with Gasteiger partial charge in [-0.25, -0.2) is 21.1 Å². The van der Waals surface area contributed by atoms with Crippen molar-refractivity contribution in [2.24, 2.45) is 5.92 Å². The molecule has 0 spiro atoms. The highest BCUT2D eigenvalue weighted by Crippen LogP contribution is 2.36. The van der Waals surface area contributed by atoms with E-state index in [1.807, 2.05) is 4.72 Å². The number of nitrogens with zero attached hydrogens (tertiary/aromatic N) is 1. The van der Waals surface area contributed by atoms with Crippen molar-refractivity contribution in [2.75, 3.05) is 14.8 Å². The predicted molar refractivity (Wildman–Crippen MR) is 99.1 cm³/mol. The fourth-order valence-electron chi connectivity index (χ4n) is 2.87. The third kappa shape index (κ3) is 4.08.